The fraction of sp³-hybridized carbons (Fsp3) is 0.235. The quantitative estimate of drug-likeness (QED) is 0.411. The Bertz CT molecular complexity index is 1230. The van der Waals surface area contributed by atoms with Crippen molar-refractivity contribution in [3.63, 3.8) is 0 Å². The summed E-state index contributed by atoms with van der Waals surface area (Å²) in [5.41, 5.74) is -2.45. The molecule has 0 aromatic heterocycles. The summed E-state index contributed by atoms with van der Waals surface area (Å²) in [5, 5.41) is 22.9. The molecule has 0 aliphatic carbocycles. The molecule has 31 heavy (non-hydrogen) atoms. The van der Waals surface area contributed by atoms with Crippen molar-refractivity contribution in [1.29, 1.82) is 0 Å². The minimum absolute atomic E-state index is 0.00330. The van der Waals surface area contributed by atoms with Gasteiger partial charge in [0.15, 0.2) is 9.84 Å². The molecule has 0 radical (unpaired) electrons. The zero-order valence-electron chi connectivity index (χ0n) is 15.4. The molecule has 2 aromatic rings. The molecule has 164 valence electrons. The summed E-state index contributed by atoms with van der Waals surface area (Å²) in [7, 11) is -4.42. The Balaban J connectivity index is 2.24. The van der Waals surface area contributed by atoms with Crippen LogP contribution in [0, 0.1) is 20.2 Å². The van der Waals surface area contributed by atoms with Crippen LogP contribution in [0.15, 0.2) is 29.2 Å². The van der Waals surface area contributed by atoms with Gasteiger partial charge in [0.2, 0.25) is 11.6 Å². The molecule has 0 unspecified atom stereocenters. The van der Waals surface area contributed by atoms with Gasteiger partial charge in [-0.3, -0.25) is 25.0 Å². The third-order valence-electron chi connectivity index (χ3n) is 4.58. The Hall–Kier alpha value is -2.47. The number of hydrogen-bond acceptors (Lipinski definition) is 7. The standard InChI is InChI=1S/C17H12Cl3N3O7S/c18-10-4-3-9(11(19)6-10)8-31(29,30)13-7-12(22(25)26)16(17(15(13)20)23(27)28)21-5-1-2-14(21)24/h3-4,6-7H,1-2,5,8H2. The van der Waals surface area contributed by atoms with Crippen LogP contribution in [0.5, 0.6) is 0 Å². The van der Waals surface area contributed by atoms with E-state index in [9.17, 15) is 33.4 Å². The third-order valence-corrected chi connectivity index (χ3v) is 7.34. The maximum atomic E-state index is 13.0. The molecule has 10 nitrogen and oxygen atoms in total. The van der Waals surface area contributed by atoms with Crippen molar-refractivity contribution in [3.8, 4) is 0 Å². The van der Waals surface area contributed by atoms with Gasteiger partial charge in [-0.25, -0.2) is 8.42 Å². The van der Waals surface area contributed by atoms with Crippen LogP contribution in [-0.2, 0) is 20.4 Å². The van der Waals surface area contributed by atoms with Gasteiger partial charge in [0.25, 0.3) is 0 Å². The minimum Gasteiger partial charge on any atom is -0.301 e. The van der Waals surface area contributed by atoms with E-state index < -0.39 is 58.3 Å². The van der Waals surface area contributed by atoms with Gasteiger partial charge in [-0.15, -0.1) is 0 Å². The number of rotatable bonds is 6. The Morgan fingerprint density at radius 2 is 1.74 bits per heavy atom. The van der Waals surface area contributed by atoms with Gasteiger partial charge >= 0.3 is 11.4 Å². The molecular weight excluding hydrogens is 497 g/mol. The lowest BCUT2D eigenvalue weighted by Crippen LogP contribution is -2.26. The molecule has 1 saturated heterocycles. The number of sulfone groups is 1. The number of anilines is 1. The van der Waals surface area contributed by atoms with Crippen molar-refractivity contribution in [2.75, 3.05) is 11.4 Å². The van der Waals surface area contributed by atoms with Crippen molar-refractivity contribution >= 4 is 67.6 Å². The van der Waals surface area contributed by atoms with Crippen LogP contribution in [0.2, 0.25) is 15.1 Å². The highest BCUT2D eigenvalue weighted by Gasteiger charge is 2.41. The molecule has 0 saturated carbocycles. The maximum absolute atomic E-state index is 13.0. The molecule has 2 aromatic carbocycles. The second kappa shape index (κ2) is 8.58. The Morgan fingerprint density at radius 3 is 2.26 bits per heavy atom. The fourth-order valence-electron chi connectivity index (χ4n) is 3.20. The molecule has 1 heterocycles. The van der Waals surface area contributed by atoms with E-state index >= 15 is 0 Å². The van der Waals surface area contributed by atoms with E-state index in [-0.39, 0.29) is 28.6 Å². The first-order valence-corrected chi connectivity index (χ1v) is 11.3. The number of nitro groups is 2. The molecule has 1 aliphatic heterocycles. The number of halogens is 3. The first-order chi connectivity index (χ1) is 14.4. The summed E-state index contributed by atoms with van der Waals surface area (Å²) in [6.07, 6.45) is 0.376. The highest BCUT2D eigenvalue weighted by Crippen LogP contribution is 2.47. The van der Waals surface area contributed by atoms with E-state index in [0.29, 0.717) is 12.5 Å². The van der Waals surface area contributed by atoms with Crippen LogP contribution in [0.1, 0.15) is 18.4 Å². The third kappa shape index (κ3) is 4.45. The van der Waals surface area contributed by atoms with Crippen molar-refractivity contribution in [2.24, 2.45) is 0 Å². The van der Waals surface area contributed by atoms with Crippen LogP contribution in [0.3, 0.4) is 0 Å². The Labute approximate surface area is 190 Å². The van der Waals surface area contributed by atoms with Crippen molar-refractivity contribution in [2.45, 2.75) is 23.5 Å². The largest absolute Gasteiger partial charge is 0.319 e. The van der Waals surface area contributed by atoms with Gasteiger partial charge in [0.05, 0.1) is 20.5 Å². The summed E-state index contributed by atoms with van der Waals surface area (Å²) in [4.78, 5) is 33.6. The van der Waals surface area contributed by atoms with Gasteiger partial charge in [-0.1, -0.05) is 40.9 Å². The van der Waals surface area contributed by atoms with E-state index in [4.69, 9.17) is 34.8 Å². The summed E-state index contributed by atoms with van der Waals surface area (Å²) in [6.45, 7) is 0.00330. The smallest absolute Gasteiger partial charge is 0.301 e. The van der Waals surface area contributed by atoms with Crippen molar-refractivity contribution in [1.82, 2.24) is 0 Å². The normalized spacial score (nSPS) is 14.2. The second-order valence-corrected chi connectivity index (χ2v) is 9.74. The minimum atomic E-state index is -4.42. The molecule has 0 bridgehead atoms. The van der Waals surface area contributed by atoms with Gasteiger partial charge in [0, 0.05) is 29.1 Å². The van der Waals surface area contributed by atoms with Gasteiger partial charge in [-0.2, -0.15) is 0 Å². The number of carbonyl (C=O) groups is 1. The Morgan fingerprint density at radius 1 is 1.06 bits per heavy atom. The van der Waals surface area contributed by atoms with E-state index in [0.717, 1.165) is 4.90 Å². The highest BCUT2D eigenvalue weighted by molar-refractivity contribution is 7.90. The summed E-state index contributed by atoms with van der Waals surface area (Å²) in [5.74, 6) is -1.30. The summed E-state index contributed by atoms with van der Waals surface area (Å²) < 4.78 is 26.0. The zero-order chi connectivity index (χ0) is 23.1. The average molecular weight is 509 g/mol. The lowest BCUT2D eigenvalue weighted by molar-refractivity contribution is -0.392. The zero-order valence-corrected chi connectivity index (χ0v) is 18.5. The molecular formula is C17H12Cl3N3O7S. The SMILES string of the molecule is O=C1CCCN1c1c([N+](=O)[O-])cc(S(=O)(=O)Cc2ccc(Cl)cc2Cl)c(Cl)c1[N+](=O)[O-]. The van der Waals surface area contributed by atoms with Crippen molar-refractivity contribution < 1.29 is 23.1 Å². The number of hydrogen-bond donors (Lipinski definition) is 0. The molecule has 0 spiro atoms. The average Bonchev–Trinajstić information content (AvgIpc) is 3.08. The monoisotopic (exact) mass is 507 g/mol. The number of nitrogens with zero attached hydrogens (tertiary/aromatic N) is 3. The number of amides is 1. The predicted octanol–water partition coefficient (Wildman–Crippen LogP) is 4.56. The van der Waals surface area contributed by atoms with Crippen LogP contribution in [-0.4, -0.2) is 30.7 Å². The van der Waals surface area contributed by atoms with Crippen LogP contribution >= 0.6 is 34.8 Å². The summed E-state index contributed by atoms with van der Waals surface area (Å²) >= 11 is 17.9. The lowest BCUT2D eigenvalue weighted by atomic mass is 10.2. The number of carbonyl (C=O) groups excluding carboxylic acids is 1. The van der Waals surface area contributed by atoms with Gasteiger partial charge < -0.3 is 4.90 Å². The first-order valence-electron chi connectivity index (χ1n) is 8.56. The maximum Gasteiger partial charge on any atom is 0.319 e. The lowest BCUT2D eigenvalue weighted by Gasteiger charge is -2.18. The summed E-state index contributed by atoms with van der Waals surface area (Å²) in [6, 6.07) is 4.68. The molecule has 0 atom stereocenters. The molecule has 1 amide bonds. The number of nitro benzene ring substituents is 2. The van der Waals surface area contributed by atoms with Crippen LogP contribution in [0.4, 0.5) is 17.1 Å². The van der Waals surface area contributed by atoms with E-state index in [2.05, 4.69) is 0 Å². The fourth-order valence-corrected chi connectivity index (χ4v) is 5.80. The first kappa shape index (κ1) is 23.2. The molecule has 1 aliphatic rings. The van der Waals surface area contributed by atoms with Gasteiger partial charge in [-0.05, 0) is 24.1 Å². The topological polar surface area (TPSA) is 141 Å². The van der Waals surface area contributed by atoms with E-state index in [1.54, 1.807) is 0 Å². The molecule has 14 heteroatoms. The highest BCUT2D eigenvalue weighted by atomic mass is 35.5. The molecule has 1 fully saturated rings. The van der Waals surface area contributed by atoms with Crippen molar-refractivity contribution in [3.05, 3.63) is 65.1 Å². The van der Waals surface area contributed by atoms with Crippen LogP contribution in [0.25, 0.3) is 0 Å². The molecule has 3 rings (SSSR count). The van der Waals surface area contributed by atoms with Gasteiger partial charge in [0.1, 0.15) is 5.02 Å². The molecule has 0 N–H and O–H groups in total. The van der Waals surface area contributed by atoms with E-state index in [1.165, 1.54) is 18.2 Å². The number of benzene rings is 2. The predicted molar refractivity (Wildman–Crippen MR) is 114 cm³/mol. The van der Waals surface area contributed by atoms with E-state index in [1.807, 2.05) is 0 Å². The second-order valence-electron chi connectivity index (χ2n) is 6.56. The Kier molecular flexibility index (Phi) is 6.42. The van der Waals surface area contributed by atoms with Crippen LogP contribution < -0.4 is 4.90 Å².